The van der Waals surface area contributed by atoms with Gasteiger partial charge in [-0.05, 0) is 43.3 Å². The Morgan fingerprint density at radius 3 is 2.27 bits per heavy atom. The van der Waals surface area contributed by atoms with E-state index >= 15 is 0 Å². The van der Waals surface area contributed by atoms with Crippen LogP contribution in [0.5, 0.6) is 0 Å². The van der Waals surface area contributed by atoms with Crippen LogP contribution in [0, 0.1) is 0 Å². The number of anilines is 2. The molecule has 0 aromatic heterocycles. The van der Waals surface area contributed by atoms with E-state index in [-0.39, 0.29) is 12.1 Å². The quantitative estimate of drug-likeness (QED) is 0.661. The van der Waals surface area contributed by atoms with Gasteiger partial charge < -0.3 is 11.1 Å². The Labute approximate surface area is 129 Å². The molecule has 114 valence electrons. The largest absolute Gasteiger partial charge is 0.399 e. The molecule has 1 aliphatic rings. The van der Waals surface area contributed by atoms with Gasteiger partial charge in [-0.2, -0.15) is 0 Å². The fourth-order valence-electron chi connectivity index (χ4n) is 2.10. The zero-order valence-electron chi connectivity index (χ0n) is 12.4. The van der Waals surface area contributed by atoms with Crippen molar-refractivity contribution in [3.05, 3.63) is 60.2 Å². The minimum absolute atomic E-state index is 0.00120. The summed E-state index contributed by atoms with van der Waals surface area (Å²) in [7, 11) is 0. The molecule has 3 rings (SSSR count). The molecule has 5 nitrogen and oxygen atoms in total. The first-order valence-corrected chi connectivity index (χ1v) is 7.04. The lowest BCUT2D eigenvalue weighted by Crippen LogP contribution is -2.27. The van der Waals surface area contributed by atoms with Gasteiger partial charge in [-0.25, -0.2) is 4.79 Å². The van der Waals surface area contributed by atoms with Crippen molar-refractivity contribution in [2.75, 3.05) is 17.2 Å². The summed E-state index contributed by atoms with van der Waals surface area (Å²) in [5, 5.41) is 2.85. The van der Waals surface area contributed by atoms with Crippen LogP contribution in [0.1, 0.15) is 17.3 Å². The molecule has 1 unspecified atom stereocenters. The number of carbonyl (C=O) groups excluding carboxylic acids is 2. The molecular weight excluding hydrogens is 278 g/mol. The van der Waals surface area contributed by atoms with E-state index in [0.29, 0.717) is 11.3 Å². The predicted molar refractivity (Wildman–Crippen MR) is 88.0 cm³/mol. The smallest absolute Gasteiger partial charge is 0.322 e. The lowest BCUT2D eigenvalue weighted by Gasteiger charge is -2.13. The van der Waals surface area contributed by atoms with Gasteiger partial charge in [0.25, 0.3) is 0 Å². The zero-order chi connectivity index (χ0) is 15.9. The van der Waals surface area contributed by atoms with Gasteiger partial charge in [0.1, 0.15) is 6.29 Å². The molecule has 2 aromatic carbocycles. The number of rotatable bonds is 2. The number of para-hydroxylation sites is 1. The molecule has 0 radical (unpaired) electrons. The van der Waals surface area contributed by atoms with Crippen LogP contribution in [0.3, 0.4) is 0 Å². The summed E-state index contributed by atoms with van der Waals surface area (Å²) in [5.41, 5.74) is 7.67. The minimum Gasteiger partial charge on any atom is -0.399 e. The Bertz CT molecular complexity index is 626. The first-order chi connectivity index (χ1) is 10.6. The van der Waals surface area contributed by atoms with Crippen molar-refractivity contribution in [3.8, 4) is 0 Å². The number of hydrogen-bond acceptors (Lipinski definition) is 3. The van der Waals surface area contributed by atoms with Gasteiger partial charge in [0.05, 0.1) is 0 Å². The van der Waals surface area contributed by atoms with E-state index in [2.05, 4.69) is 5.32 Å². The topological polar surface area (TPSA) is 75.4 Å². The van der Waals surface area contributed by atoms with E-state index in [9.17, 15) is 9.59 Å². The molecule has 1 fully saturated rings. The number of aldehydes is 1. The molecule has 1 heterocycles. The average molecular weight is 297 g/mol. The number of hydrogen-bond donors (Lipinski definition) is 2. The Hall–Kier alpha value is -2.82. The van der Waals surface area contributed by atoms with E-state index < -0.39 is 0 Å². The summed E-state index contributed by atoms with van der Waals surface area (Å²) in [6.07, 6.45) is 0.791. The molecule has 2 aromatic rings. The summed E-state index contributed by atoms with van der Waals surface area (Å²) >= 11 is 0. The van der Waals surface area contributed by atoms with E-state index in [1.807, 2.05) is 37.3 Å². The molecule has 0 aliphatic carbocycles. The Kier molecular flexibility index (Phi) is 5.14. The standard InChI is InChI=1S/C10H12N2O.C7H7NO/c1-8-7-12(10(13)11-8)9-5-3-2-4-6-9;8-7-3-1-6(5-9)2-4-7/h2-6,8H,7H2,1H3,(H,11,13);1-5H,8H2. The maximum Gasteiger partial charge on any atom is 0.322 e. The van der Waals surface area contributed by atoms with E-state index in [1.54, 1.807) is 29.2 Å². The van der Waals surface area contributed by atoms with Gasteiger partial charge in [0.2, 0.25) is 0 Å². The third-order valence-electron chi connectivity index (χ3n) is 3.21. The second-order valence-corrected chi connectivity index (χ2v) is 5.08. The Morgan fingerprint density at radius 2 is 1.77 bits per heavy atom. The second kappa shape index (κ2) is 7.26. The molecular formula is C17H19N3O2. The fourth-order valence-corrected chi connectivity index (χ4v) is 2.10. The Morgan fingerprint density at radius 1 is 1.14 bits per heavy atom. The molecule has 1 aliphatic heterocycles. The number of nitrogens with zero attached hydrogens (tertiary/aromatic N) is 1. The lowest BCUT2D eigenvalue weighted by molar-refractivity contribution is 0.112. The summed E-state index contributed by atoms with van der Waals surface area (Å²) in [5.74, 6) is 0. The minimum atomic E-state index is -0.00120. The summed E-state index contributed by atoms with van der Waals surface area (Å²) < 4.78 is 0. The van der Waals surface area contributed by atoms with Gasteiger partial charge in [0.15, 0.2) is 0 Å². The zero-order valence-corrected chi connectivity index (χ0v) is 12.4. The second-order valence-electron chi connectivity index (χ2n) is 5.08. The SMILES string of the molecule is CC1CN(c2ccccc2)C(=O)N1.Nc1ccc(C=O)cc1. The van der Waals surface area contributed by atoms with Gasteiger partial charge in [0, 0.05) is 29.5 Å². The number of nitrogens with one attached hydrogen (secondary N) is 1. The third-order valence-corrected chi connectivity index (χ3v) is 3.21. The van der Waals surface area contributed by atoms with E-state index in [4.69, 9.17) is 5.73 Å². The Balaban J connectivity index is 0.000000172. The molecule has 0 saturated carbocycles. The maximum atomic E-state index is 11.4. The fraction of sp³-hybridized carbons (Fsp3) is 0.176. The first kappa shape index (κ1) is 15.6. The molecule has 5 heteroatoms. The summed E-state index contributed by atoms with van der Waals surface area (Å²) in [6.45, 7) is 2.75. The summed E-state index contributed by atoms with van der Waals surface area (Å²) in [6, 6.07) is 16.7. The number of benzene rings is 2. The van der Waals surface area contributed by atoms with Crippen molar-refractivity contribution in [1.82, 2.24) is 5.32 Å². The van der Waals surface area contributed by atoms with Crippen LogP contribution in [0.4, 0.5) is 16.2 Å². The average Bonchev–Trinajstić information content (AvgIpc) is 2.88. The van der Waals surface area contributed by atoms with Crippen molar-refractivity contribution in [2.24, 2.45) is 0 Å². The van der Waals surface area contributed by atoms with E-state index in [0.717, 1.165) is 18.5 Å². The van der Waals surface area contributed by atoms with Crippen molar-refractivity contribution in [3.63, 3.8) is 0 Å². The number of urea groups is 1. The predicted octanol–water partition coefficient (Wildman–Crippen LogP) is 2.69. The van der Waals surface area contributed by atoms with Crippen LogP contribution in [-0.4, -0.2) is 24.9 Å². The van der Waals surface area contributed by atoms with Crippen molar-refractivity contribution in [1.29, 1.82) is 0 Å². The highest BCUT2D eigenvalue weighted by Gasteiger charge is 2.26. The molecule has 22 heavy (non-hydrogen) atoms. The van der Waals surface area contributed by atoms with Crippen LogP contribution in [-0.2, 0) is 0 Å². The van der Waals surface area contributed by atoms with Crippen LogP contribution in [0.25, 0.3) is 0 Å². The monoisotopic (exact) mass is 297 g/mol. The normalized spacial score (nSPS) is 16.5. The van der Waals surface area contributed by atoms with Crippen LogP contribution < -0.4 is 16.0 Å². The number of carbonyl (C=O) groups is 2. The van der Waals surface area contributed by atoms with Crippen LogP contribution >= 0.6 is 0 Å². The van der Waals surface area contributed by atoms with Crippen molar-refractivity contribution >= 4 is 23.7 Å². The highest BCUT2D eigenvalue weighted by Crippen LogP contribution is 2.16. The van der Waals surface area contributed by atoms with Gasteiger partial charge in [-0.1, -0.05) is 18.2 Å². The van der Waals surface area contributed by atoms with Crippen LogP contribution in [0.2, 0.25) is 0 Å². The summed E-state index contributed by atoms with van der Waals surface area (Å²) in [4.78, 5) is 23.2. The number of amides is 2. The highest BCUT2D eigenvalue weighted by molar-refractivity contribution is 5.94. The van der Waals surface area contributed by atoms with Crippen LogP contribution in [0.15, 0.2) is 54.6 Å². The van der Waals surface area contributed by atoms with Gasteiger partial charge in [-0.15, -0.1) is 0 Å². The van der Waals surface area contributed by atoms with E-state index in [1.165, 1.54) is 0 Å². The van der Waals surface area contributed by atoms with Gasteiger partial charge in [-0.3, -0.25) is 9.69 Å². The van der Waals surface area contributed by atoms with Crippen molar-refractivity contribution in [2.45, 2.75) is 13.0 Å². The molecule has 3 N–H and O–H groups in total. The molecule has 0 bridgehead atoms. The molecule has 0 spiro atoms. The maximum absolute atomic E-state index is 11.4. The molecule has 2 amide bonds. The molecule has 1 saturated heterocycles. The number of nitrogen functional groups attached to an aromatic ring is 1. The first-order valence-electron chi connectivity index (χ1n) is 7.04. The van der Waals surface area contributed by atoms with Crippen molar-refractivity contribution < 1.29 is 9.59 Å². The molecule has 1 atom stereocenters. The van der Waals surface area contributed by atoms with Gasteiger partial charge >= 0.3 is 6.03 Å². The third kappa shape index (κ3) is 4.09. The highest BCUT2D eigenvalue weighted by atomic mass is 16.2. The lowest BCUT2D eigenvalue weighted by atomic mass is 10.2. The number of nitrogens with two attached hydrogens (primary N) is 1.